The number of hydrogen-bond donors (Lipinski definition) is 1. The summed E-state index contributed by atoms with van der Waals surface area (Å²) in [6, 6.07) is 7.21. The van der Waals surface area contributed by atoms with Crippen LogP contribution < -0.4 is 10.1 Å². The first kappa shape index (κ1) is 16.3. The van der Waals surface area contributed by atoms with Crippen molar-refractivity contribution in [2.75, 3.05) is 18.1 Å². The lowest BCUT2D eigenvalue weighted by Gasteiger charge is -2.14. The highest BCUT2D eigenvalue weighted by Crippen LogP contribution is 2.24. The van der Waals surface area contributed by atoms with Crippen LogP contribution in [-0.2, 0) is 9.84 Å². The van der Waals surface area contributed by atoms with Gasteiger partial charge in [-0.3, -0.25) is 4.79 Å². The second-order valence-electron chi connectivity index (χ2n) is 6.53. The van der Waals surface area contributed by atoms with Crippen molar-refractivity contribution >= 4 is 15.7 Å². The first-order chi connectivity index (χ1) is 11.0. The summed E-state index contributed by atoms with van der Waals surface area (Å²) >= 11 is 0. The Morgan fingerprint density at radius 2 is 2.00 bits per heavy atom. The summed E-state index contributed by atoms with van der Waals surface area (Å²) in [4.78, 5) is 12.2. The molecule has 3 rings (SSSR count). The normalized spacial score (nSPS) is 23.7. The van der Waals surface area contributed by atoms with E-state index in [0.29, 0.717) is 18.5 Å². The van der Waals surface area contributed by atoms with Gasteiger partial charge in [0.25, 0.3) is 5.91 Å². The Morgan fingerprint density at radius 1 is 1.22 bits per heavy atom. The fourth-order valence-corrected chi connectivity index (χ4v) is 5.14. The number of carbonyl (C=O) groups excluding carboxylic acids is 1. The molecule has 1 aromatic rings. The van der Waals surface area contributed by atoms with E-state index in [2.05, 4.69) is 5.32 Å². The molecule has 2 fully saturated rings. The standard InChI is InChI=1S/C17H23NO4S/c19-17(18-11-13-8-9-23(20,21)12-13)14-4-3-7-16(10-14)22-15-5-1-2-6-15/h3-4,7,10,13,15H,1-2,5-6,8-9,11-12H2,(H,18,19)/t13-/m0/s1. The predicted octanol–water partition coefficient (Wildman–Crippen LogP) is 2.17. The fourth-order valence-electron chi connectivity index (χ4n) is 3.28. The van der Waals surface area contributed by atoms with Crippen LogP contribution in [0.25, 0.3) is 0 Å². The Hall–Kier alpha value is -1.56. The zero-order valence-corrected chi connectivity index (χ0v) is 14.0. The van der Waals surface area contributed by atoms with Gasteiger partial charge in [0.15, 0.2) is 9.84 Å². The van der Waals surface area contributed by atoms with E-state index in [4.69, 9.17) is 4.74 Å². The molecule has 1 aliphatic heterocycles. The highest BCUT2D eigenvalue weighted by molar-refractivity contribution is 7.91. The van der Waals surface area contributed by atoms with Crippen LogP contribution in [0.4, 0.5) is 0 Å². The Morgan fingerprint density at radius 3 is 2.70 bits per heavy atom. The first-order valence-corrected chi connectivity index (χ1v) is 10.1. The third-order valence-electron chi connectivity index (χ3n) is 4.58. The van der Waals surface area contributed by atoms with Crippen LogP contribution in [0.3, 0.4) is 0 Å². The highest BCUT2D eigenvalue weighted by atomic mass is 32.2. The maximum Gasteiger partial charge on any atom is 0.251 e. The lowest BCUT2D eigenvalue weighted by Crippen LogP contribution is -2.29. The highest BCUT2D eigenvalue weighted by Gasteiger charge is 2.28. The third-order valence-corrected chi connectivity index (χ3v) is 6.42. The molecule has 6 heteroatoms. The summed E-state index contributed by atoms with van der Waals surface area (Å²) in [6.45, 7) is 0.409. The lowest BCUT2D eigenvalue weighted by atomic mass is 10.1. The minimum Gasteiger partial charge on any atom is -0.490 e. The van der Waals surface area contributed by atoms with Crippen molar-refractivity contribution < 1.29 is 17.9 Å². The van der Waals surface area contributed by atoms with Gasteiger partial charge in [-0.15, -0.1) is 0 Å². The largest absolute Gasteiger partial charge is 0.490 e. The van der Waals surface area contributed by atoms with Crippen molar-refractivity contribution in [3.05, 3.63) is 29.8 Å². The van der Waals surface area contributed by atoms with Crippen LogP contribution in [-0.4, -0.2) is 38.5 Å². The number of hydrogen-bond acceptors (Lipinski definition) is 4. The number of nitrogens with one attached hydrogen (secondary N) is 1. The van der Waals surface area contributed by atoms with Crippen LogP contribution in [0, 0.1) is 5.92 Å². The molecule has 126 valence electrons. The van der Waals surface area contributed by atoms with Crippen molar-refractivity contribution in [3.8, 4) is 5.75 Å². The smallest absolute Gasteiger partial charge is 0.251 e. The summed E-state index contributed by atoms with van der Waals surface area (Å²) in [7, 11) is -2.90. The van der Waals surface area contributed by atoms with Crippen molar-refractivity contribution in [1.29, 1.82) is 0 Å². The SMILES string of the molecule is O=C(NC[C@@H]1CCS(=O)(=O)C1)c1cccc(OC2CCCC2)c1. The van der Waals surface area contributed by atoms with E-state index in [-0.39, 0.29) is 29.4 Å². The van der Waals surface area contributed by atoms with Crippen LogP contribution in [0.2, 0.25) is 0 Å². The molecule has 2 aliphatic rings. The number of carbonyl (C=O) groups is 1. The molecule has 1 aliphatic carbocycles. The molecule has 23 heavy (non-hydrogen) atoms. The van der Waals surface area contributed by atoms with E-state index in [1.807, 2.05) is 12.1 Å². The number of rotatable bonds is 5. The molecule has 0 unspecified atom stereocenters. The summed E-state index contributed by atoms with van der Waals surface area (Å²) < 4.78 is 28.8. The lowest BCUT2D eigenvalue weighted by molar-refractivity contribution is 0.0947. The molecule has 0 radical (unpaired) electrons. The van der Waals surface area contributed by atoms with Gasteiger partial charge in [-0.25, -0.2) is 8.42 Å². The van der Waals surface area contributed by atoms with Crippen molar-refractivity contribution in [3.63, 3.8) is 0 Å². The topological polar surface area (TPSA) is 72.5 Å². The number of benzene rings is 1. The summed E-state index contributed by atoms with van der Waals surface area (Å²) in [5.74, 6) is 0.997. The van der Waals surface area contributed by atoms with E-state index in [0.717, 1.165) is 18.6 Å². The van der Waals surface area contributed by atoms with E-state index < -0.39 is 9.84 Å². The minimum atomic E-state index is -2.90. The molecule has 1 saturated heterocycles. The molecule has 1 atom stereocenters. The molecular weight excluding hydrogens is 314 g/mol. The number of sulfone groups is 1. The molecule has 1 heterocycles. The fraction of sp³-hybridized carbons (Fsp3) is 0.588. The molecule has 0 spiro atoms. The van der Waals surface area contributed by atoms with Crippen LogP contribution in [0.5, 0.6) is 5.75 Å². The minimum absolute atomic E-state index is 0.0295. The van der Waals surface area contributed by atoms with E-state index in [9.17, 15) is 13.2 Å². The number of amides is 1. The molecule has 0 bridgehead atoms. The van der Waals surface area contributed by atoms with E-state index >= 15 is 0 Å². The number of ether oxygens (including phenoxy) is 1. The molecule has 5 nitrogen and oxygen atoms in total. The van der Waals surface area contributed by atoms with Gasteiger partial charge < -0.3 is 10.1 Å². The van der Waals surface area contributed by atoms with Gasteiger partial charge in [0.05, 0.1) is 17.6 Å². The van der Waals surface area contributed by atoms with Crippen molar-refractivity contribution in [1.82, 2.24) is 5.32 Å². The van der Waals surface area contributed by atoms with Gasteiger partial charge in [-0.1, -0.05) is 6.07 Å². The van der Waals surface area contributed by atoms with Crippen molar-refractivity contribution in [2.24, 2.45) is 5.92 Å². The van der Waals surface area contributed by atoms with Crippen LogP contribution >= 0.6 is 0 Å². The van der Waals surface area contributed by atoms with E-state index in [1.54, 1.807) is 12.1 Å². The predicted molar refractivity (Wildman–Crippen MR) is 88.4 cm³/mol. The Balaban J connectivity index is 1.54. The van der Waals surface area contributed by atoms with Crippen molar-refractivity contribution in [2.45, 2.75) is 38.2 Å². The molecule has 1 aromatic carbocycles. The zero-order valence-electron chi connectivity index (χ0n) is 13.2. The zero-order chi connectivity index (χ0) is 16.3. The quantitative estimate of drug-likeness (QED) is 0.894. The average Bonchev–Trinajstić information content (AvgIpc) is 3.14. The monoisotopic (exact) mass is 337 g/mol. The molecular formula is C17H23NO4S. The van der Waals surface area contributed by atoms with Gasteiger partial charge in [0.2, 0.25) is 0 Å². The van der Waals surface area contributed by atoms with Crippen LogP contribution in [0.15, 0.2) is 24.3 Å². The Kier molecular flexibility index (Phi) is 4.90. The first-order valence-electron chi connectivity index (χ1n) is 8.27. The summed E-state index contributed by atoms with van der Waals surface area (Å²) in [5, 5.41) is 2.84. The third kappa shape index (κ3) is 4.47. The molecule has 1 N–H and O–H groups in total. The molecule has 1 saturated carbocycles. The van der Waals surface area contributed by atoms with E-state index in [1.165, 1.54) is 12.8 Å². The molecule has 0 aromatic heterocycles. The van der Waals surface area contributed by atoms with Gasteiger partial charge in [-0.05, 0) is 56.2 Å². The van der Waals surface area contributed by atoms with Gasteiger partial charge in [0, 0.05) is 12.1 Å². The average molecular weight is 337 g/mol. The van der Waals surface area contributed by atoms with Gasteiger partial charge >= 0.3 is 0 Å². The Bertz CT molecular complexity index is 665. The van der Waals surface area contributed by atoms with Gasteiger partial charge in [0.1, 0.15) is 5.75 Å². The maximum atomic E-state index is 12.2. The summed E-state index contributed by atoms with van der Waals surface area (Å²) in [5.41, 5.74) is 0.557. The molecule has 1 amide bonds. The summed E-state index contributed by atoms with van der Waals surface area (Å²) in [6.07, 6.45) is 5.45. The maximum absolute atomic E-state index is 12.2. The van der Waals surface area contributed by atoms with Gasteiger partial charge in [-0.2, -0.15) is 0 Å². The Labute approximate surface area is 137 Å². The van der Waals surface area contributed by atoms with Crippen LogP contribution in [0.1, 0.15) is 42.5 Å². The second kappa shape index (κ2) is 6.91. The second-order valence-corrected chi connectivity index (χ2v) is 8.76.